The fourth-order valence-corrected chi connectivity index (χ4v) is 3.01. The molecule has 33 heavy (non-hydrogen) atoms. The Morgan fingerprint density at radius 2 is 1.42 bits per heavy atom. The summed E-state index contributed by atoms with van der Waals surface area (Å²) >= 11 is 0. The highest BCUT2D eigenvalue weighted by molar-refractivity contribution is 5.91. The van der Waals surface area contributed by atoms with Crippen LogP contribution in [0.15, 0.2) is 72.8 Å². The Balaban J connectivity index is 1.48. The molecule has 3 rings (SSSR count). The molecule has 0 radical (unpaired) electrons. The fraction of sp³-hybridized carbons (Fsp3) is 0.222. The molecule has 0 N–H and O–H groups in total. The van der Waals surface area contributed by atoms with Gasteiger partial charge >= 0.3 is 11.9 Å². The molecule has 0 aromatic heterocycles. The summed E-state index contributed by atoms with van der Waals surface area (Å²) in [6.45, 7) is 2.45. The number of nitrogens with zero attached hydrogens (tertiary/aromatic N) is 1. The molecule has 0 aliphatic heterocycles. The van der Waals surface area contributed by atoms with Crippen molar-refractivity contribution in [1.82, 2.24) is 0 Å². The van der Waals surface area contributed by atoms with Crippen molar-refractivity contribution in [1.29, 1.82) is 5.26 Å². The molecule has 0 saturated carbocycles. The summed E-state index contributed by atoms with van der Waals surface area (Å²) in [7, 11) is 0. The van der Waals surface area contributed by atoms with E-state index in [1.54, 1.807) is 48.5 Å². The fourth-order valence-electron chi connectivity index (χ4n) is 3.01. The summed E-state index contributed by atoms with van der Waals surface area (Å²) in [4.78, 5) is 23.9. The minimum atomic E-state index is -0.475. The average Bonchev–Trinajstić information content (AvgIpc) is 2.86. The molecule has 6 heteroatoms. The first-order valence-corrected chi connectivity index (χ1v) is 10.8. The first-order valence-electron chi connectivity index (χ1n) is 10.8. The zero-order valence-corrected chi connectivity index (χ0v) is 18.5. The maximum Gasteiger partial charge on any atom is 0.343 e. The lowest BCUT2D eigenvalue weighted by atomic mass is 10.0. The number of unbranched alkanes of at least 4 members (excludes halogenated alkanes) is 1. The number of hydrogen-bond acceptors (Lipinski definition) is 6. The number of carbonyl (C=O) groups excluding carboxylic acids is 2. The lowest BCUT2D eigenvalue weighted by Crippen LogP contribution is -2.12. The molecule has 168 valence electrons. The van der Waals surface area contributed by atoms with E-state index in [1.165, 1.54) is 0 Å². The van der Waals surface area contributed by atoms with Gasteiger partial charge in [-0.05, 0) is 66.1 Å². The number of nitriles is 1. The van der Waals surface area contributed by atoms with Gasteiger partial charge in [-0.15, -0.1) is 0 Å². The topological polar surface area (TPSA) is 85.6 Å². The van der Waals surface area contributed by atoms with Crippen molar-refractivity contribution >= 4 is 11.9 Å². The molecule has 0 aliphatic rings. The Morgan fingerprint density at radius 3 is 2.03 bits per heavy atom. The SMILES string of the molecule is CCCCC(=O)OCCOc1ccc(C(=O)Oc2ccc(-c3ccc(C#N)cc3)cc2)cc1. The van der Waals surface area contributed by atoms with E-state index in [1.807, 2.05) is 31.2 Å². The van der Waals surface area contributed by atoms with Crippen LogP contribution in [0.25, 0.3) is 11.1 Å². The molecule has 0 aliphatic carbocycles. The molecule has 0 fully saturated rings. The van der Waals surface area contributed by atoms with Gasteiger partial charge in [0.25, 0.3) is 0 Å². The van der Waals surface area contributed by atoms with Crippen LogP contribution in [0, 0.1) is 11.3 Å². The van der Waals surface area contributed by atoms with Crippen LogP contribution in [0.1, 0.15) is 42.1 Å². The Labute approximate surface area is 193 Å². The number of hydrogen-bond donors (Lipinski definition) is 0. The quantitative estimate of drug-likeness (QED) is 0.232. The van der Waals surface area contributed by atoms with Gasteiger partial charge in [0.2, 0.25) is 0 Å². The van der Waals surface area contributed by atoms with Gasteiger partial charge in [0.1, 0.15) is 24.7 Å². The van der Waals surface area contributed by atoms with E-state index in [-0.39, 0.29) is 19.2 Å². The van der Waals surface area contributed by atoms with Crippen LogP contribution in [0.3, 0.4) is 0 Å². The minimum Gasteiger partial charge on any atom is -0.490 e. The van der Waals surface area contributed by atoms with E-state index >= 15 is 0 Å². The Kier molecular flexibility index (Phi) is 8.61. The number of esters is 2. The van der Waals surface area contributed by atoms with Gasteiger partial charge < -0.3 is 14.2 Å². The Bertz CT molecular complexity index is 1100. The van der Waals surface area contributed by atoms with Crippen LogP contribution in [0.5, 0.6) is 11.5 Å². The van der Waals surface area contributed by atoms with Gasteiger partial charge in [0, 0.05) is 6.42 Å². The molecular weight excluding hydrogens is 418 g/mol. The van der Waals surface area contributed by atoms with Gasteiger partial charge in [-0.25, -0.2) is 4.79 Å². The lowest BCUT2D eigenvalue weighted by Gasteiger charge is -2.09. The van der Waals surface area contributed by atoms with Crippen LogP contribution in [0.4, 0.5) is 0 Å². The second-order valence-corrected chi connectivity index (χ2v) is 7.30. The summed E-state index contributed by atoms with van der Waals surface area (Å²) in [5.74, 6) is 0.312. The molecule has 0 spiro atoms. The molecule has 0 saturated heterocycles. The van der Waals surface area contributed by atoms with Crippen molar-refractivity contribution in [2.24, 2.45) is 0 Å². The predicted molar refractivity (Wildman–Crippen MR) is 124 cm³/mol. The van der Waals surface area contributed by atoms with Gasteiger partial charge in [0.15, 0.2) is 0 Å². The molecule has 0 amide bonds. The monoisotopic (exact) mass is 443 g/mol. The first-order chi connectivity index (χ1) is 16.1. The Morgan fingerprint density at radius 1 is 0.818 bits per heavy atom. The third-order valence-electron chi connectivity index (χ3n) is 4.85. The van der Waals surface area contributed by atoms with Crippen molar-refractivity contribution in [3.8, 4) is 28.7 Å². The number of ether oxygens (including phenoxy) is 3. The van der Waals surface area contributed by atoms with E-state index in [9.17, 15) is 9.59 Å². The predicted octanol–water partition coefficient (Wildman–Crippen LogP) is 5.56. The highest BCUT2D eigenvalue weighted by Crippen LogP contribution is 2.23. The molecule has 0 unspecified atom stereocenters. The first kappa shape index (κ1) is 23.6. The maximum atomic E-state index is 12.4. The molecule has 0 bridgehead atoms. The van der Waals surface area contributed by atoms with E-state index in [0.717, 1.165) is 24.0 Å². The van der Waals surface area contributed by atoms with Gasteiger partial charge in [-0.1, -0.05) is 37.6 Å². The summed E-state index contributed by atoms with van der Waals surface area (Å²) in [5.41, 5.74) is 2.92. The smallest absolute Gasteiger partial charge is 0.343 e. The van der Waals surface area contributed by atoms with Crippen molar-refractivity contribution in [3.63, 3.8) is 0 Å². The molecule has 6 nitrogen and oxygen atoms in total. The van der Waals surface area contributed by atoms with Crippen LogP contribution in [0.2, 0.25) is 0 Å². The number of carbonyl (C=O) groups is 2. The van der Waals surface area contributed by atoms with E-state index in [4.69, 9.17) is 19.5 Å². The van der Waals surface area contributed by atoms with Crippen LogP contribution in [-0.4, -0.2) is 25.2 Å². The summed E-state index contributed by atoms with van der Waals surface area (Å²) < 4.78 is 16.1. The van der Waals surface area contributed by atoms with E-state index < -0.39 is 5.97 Å². The summed E-state index contributed by atoms with van der Waals surface area (Å²) in [6, 6.07) is 23.1. The van der Waals surface area contributed by atoms with Crippen molar-refractivity contribution in [3.05, 3.63) is 83.9 Å². The maximum absolute atomic E-state index is 12.4. The second kappa shape index (κ2) is 12.1. The molecular formula is C27H25NO5. The lowest BCUT2D eigenvalue weighted by molar-refractivity contribution is -0.144. The summed E-state index contributed by atoms with van der Waals surface area (Å²) in [5, 5.41) is 8.90. The minimum absolute atomic E-state index is 0.185. The molecule has 3 aromatic rings. The molecule has 0 heterocycles. The molecule has 3 aromatic carbocycles. The normalized spacial score (nSPS) is 10.2. The van der Waals surface area contributed by atoms with Crippen molar-refractivity contribution in [2.75, 3.05) is 13.2 Å². The van der Waals surface area contributed by atoms with Crippen molar-refractivity contribution in [2.45, 2.75) is 26.2 Å². The third-order valence-corrected chi connectivity index (χ3v) is 4.85. The van der Waals surface area contributed by atoms with Crippen molar-refractivity contribution < 1.29 is 23.8 Å². The largest absolute Gasteiger partial charge is 0.490 e. The van der Waals surface area contributed by atoms with Crippen LogP contribution < -0.4 is 9.47 Å². The van der Waals surface area contributed by atoms with Gasteiger partial charge in [0.05, 0.1) is 17.2 Å². The highest BCUT2D eigenvalue weighted by atomic mass is 16.6. The van der Waals surface area contributed by atoms with Gasteiger partial charge in [-0.3, -0.25) is 4.79 Å². The third kappa shape index (κ3) is 7.22. The number of benzene rings is 3. The van der Waals surface area contributed by atoms with Crippen LogP contribution >= 0.6 is 0 Å². The average molecular weight is 443 g/mol. The number of rotatable bonds is 10. The van der Waals surface area contributed by atoms with Crippen LogP contribution in [-0.2, 0) is 9.53 Å². The molecule has 0 atom stereocenters. The highest BCUT2D eigenvalue weighted by Gasteiger charge is 2.10. The Hall–Kier alpha value is -4.11. The summed E-state index contributed by atoms with van der Waals surface area (Å²) in [6.07, 6.45) is 2.19. The van der Waals surface area contributed by atoms with E-state index in [0.29, 0.717) is 29.0 Å². The standard InChI is InChI=1S/C27H25NO5/c1-2-3-4-26(29)32-18-17-31-24-13-11-23(12-14-24)27(30)33-25-15-9-22(10-16-25)21-7-5-20(19-28)6-8-21/h5-16H,2-4,17-18H2,1H3. The zero-order chi connectivity index (χ0) is 23.5. The second-order valence-electron chi connectivity index (χ2n) is 7.30. The zero-order valence-electron chi connectivity index (χ0n) is 18.5. The van der Waals surface area contributed by atoms with E-state index in [2.05, 4.69) is 6.07 Å². The van der Waals surface area contributed by atoms with Gasteiger partial charge in [-0.2, -0.15) is 5.26 Å².